The third-order valence-electron chi connectivity index (χ3n) is 4.75. The number of benzene rings is 3. The standard InChI is InChI=1S/C26H26O5/c1-6-7-14-29-18-12-13-21-22(15-18)24(31-26(28)17(4)5)20-11-9-8-10-19(20)23(21)30-25(27)16(2)3/h8-13,15H,2,4,6-7,14H2,1,3,5H3. The van der Waals surface area contributed by atoms with Gasteiger partial charge in [0, 0.05) is 32.7 Å². The van der Waals surface area contributed by atoms with Gasteiger partial charge >= 0.3 is 11.9 Å². The van der Waals surface area contributed by atoms with E-state index in [1.165, 1.54) is 0 Å². The molecule has 0 spiro atoms. The zero-order valence-corrected chi connectivity index (χ0v) is 18.1. The van der Waals surface area contributed by atoms with Gasteiger partial charge in [-0.25, -0.2) is 9.59 Å². The van der Waals surface area contributed by atoms with Gasteiger partial charge in [0.25, 0.3) is 0 Å². The first-order valence-electron chi connectivity index (χ1n) is 10.2. The minimum atomic E-state index is -0.532. The maximum absolute atomic E-state index is 12.4. The number of unbranched alkanes of at least 4 members (excludes halogenated alkanes) is 1. The first kappa shape index (κ1) is 22.1. The van der Waals surface area contributed by atoms with Crippen LogP contribution in [0.2, 0.25) is 0 Å². The van der Waals surface area contributed by atoms with E-state index in [9.17, 15) is 9.59 Å². The van der Waals surface area contributed by atoms with E-state index in [1.807, 2.05) is 36.4 Å². The lowest BCUT2D eigenvalue weighted by Gasteiger charge is -2.17. The molecule has 3 aromatic rings. The molecule has 0 bridgehead atoms. The molecule has 5 nitrogen and oxygen atoms in total. The number of carbonyl (C=O) groups excluding carboxylic acids is 2. The molecular formula is C26H26O5. The van der Waals surface area contributed by atoms with Crippen LogP contribution >= 0.6 is 0 Å². The number of carbonyl (C=O) groups is 2. The summed E-state index contributed by atoms with van der Waals surface area (Å²) in [6.07, 6.45) is 1.94. The van der Waals surface area contributed by atoms with Crippen molar-refractivity contribution in [3.63, 3.8) is 0 Å². The predicted molar refractivity (Wildman–Crippen MR) is 123 cm³/mol. The average Bonchev–Trinajstić information content (AvgIpc) is 2.75. The van der Waals surface area contributed by atoms with E-state index in [2.05, 4.69) is 20.1 Å². The number of ether oxygens (including phenoxy) is 3. The van der Waals surface area contributed by atoms with Gasteiger partial charge in [0.15, 0.2) is 0 Å². The van der Waals surface area contributed by atoms with Crippen LogP contribution in [0.25, 0.3) is 21.5 Å². The van der Waals surface area contributed by atoms with Crippen LogP contribution in [0.5, 0.6) is 17.2 Å². The van der Waals surface area contributed by atoms with E-state index in [0.717, 1.165) is 12.8 Å². The first-order valence-corrected chi connectivity index (χ1v) is 10.2. The van der Waals surface area contributed by atoms with Crippen LogP contribution in [-0.4, -0.2) is 18.5 Å². The molecule has 0 fully saturated rings. The van der Waals surface area contributed by atoms with Crippen molar-refractivity contribution in [1.29, 1.82) is 0 Å². The Hall–Kier alpha value is -3.60. The summed E-state index contributed by atoms with van der Waals surface area (Å²) in [4.78, 5) is 24.7. The fourth-order valence-electron chi connectivity index (χ4n) is 3.08. The molecule has 3 aromatic carbocycles. The molecule has 160 valence electrons. The van der Waals surface area contributed by atoms with Gasteiger partial charge in [0.05, 0.1) is 6.61 Å². The number of hydrogen-bond donors (Lipinski definition) is 0. The Morgan fingerprint density at radius 2 is 1.32 bits per heavy atom. The molecule has 3 rings (SSSR count). The Labute approximate surface area is 181 Å². The SMILES string of the molecule is C=C(C)C(=O)Oc1c2ccccc2c(OC(=O)C(=C)C)c2cc(OCCCC)ccc12. The van der Waals surface area contributed by atoms with E-state index in [4.69, 9.17) is 14.2 Å². The molecule has 0 N–H and O–H groups in total. The van der Waals surface area contributed by atoms with Crippen LogP contribution in [0, 0.1) is 0 Å². The maximum atomic E-state index is 12.4. The fourth-order valence-corrected chi connectivity index (χ4v) is 3.08. The Balaban J connectivity index is 2.29. The summed E-state index contributed by atoms with van der Waals surface area (Å²) < 4.78 is 17.3. The van der Waals surface area contributed by atoms with E-state index in [-0.39, 0.29) is 11.1 Å². The highest BCUT2D eigenvalue weighted by Gasteiger charge is 2.21. The van der Waals surface area contributed by atoms with Crippen molar-refractivity contribution in [3.05, 3.63) is 66.8 Å². The van der Waals surface area contributed by atoms with E-state index in [0.29, 0.717) is 45.4 Å². The summed E-state index contributed by atoms with van der Waals surface area (Å²) in [6.45, 7) is 13.2. The lowest BCUT2D eigenvalue weighted by Crippen LogP contribution is -2.11. The van der Waals surface area contributed by atoms with Gasteiger partial charge in [-0.2, -0.15) is 0 Å². The van der Waals surface area contributed by atoms with Crippen LogP contribution in [0.4, 0.5) is 0 Å². The van der Waals surface area contributed by atoms with Crippen LogP contribution < -0.4 is 14.2 Å². The summed E-state index contributed by atoms with van der Waals surface area (Å²) in [5, 5.41) is 2.51. The number of esters is 2. The molecule has 0 unspecified atom stereocenters. The van der Waals surface area contributed by atoms with Gasteiger partial charge in [-0.15, -0.1) is 0 Å². The number of hydrogen-bond acceptors (Lipinski definition) is 5. The molecule has 5 heteroatoms. The fraction of sp³-hybridized carbons (Fsp3) is 0.231. The molecule has 0 amide bonds. The first-order chi connectivity index (χ1) is 14.8. The average molecular weight is 418 g/mol. The van der Waals surface area contributed by atoms with Crippen molar-refractivity contribution < 1.29 is 23.8 Å². The van der Waals surface area contributed by atoms with E-state index >= 15 is 0 Å². The largest absolute Gasteiger partial charge is 0.494 e. The third kappa shape index (κ3) is 4.77. The molecule has 0 saturated heterocycles. The molecule has 0 heterocycles. The smallest absolute Gasteiger partial charge is 0.338 e. The van der Waals surface area contributed by atoms with Gasteiger partial charge in [-0.1, -0.05) is 50.8 Å². The second-order valence-corrected chi connectivity index (χ2v) is 7.45. The third-order valence-corrected chi connectivity index (χ3v) is 4.75. The second kappa shape index (κ2) is 9.47. The molecule has 0 aliphatic rings. The minimum Gasteiger partial charge on any atom is -0.494 e. The zero-order valence-electron chi connectivity index (χ0n) is 18.1. The van der Waals surface area contributed by atoms with E-state index < -0.39 is 11.9 Å². The van der Waals surface area contributed by atoms with Crippen LogP contribution in [0.3, 0.4) is 0 Å². The molecular weight excluding hydrogens is 392 g/mol. The molecule has 0 aliphatic carbocycles. The van der Waals surface area contributed by atoms with E-state index in [1.54, 1.807) is 19.9 Å². The second-order valence-electron chi connectivity index (χ2n) is 7.45. The molecule has 0 radical (unpaired) electrons. The topological polar surface area (TPSA) is 61.8 Å². The Morgan fingerprint density at radius 1 is 0.806 bits per heavy atom. The summed E-state index contributed by atoms with van der Waals surface area (Å²) in [7, 11) is 0. The Kier molecular flexibility index (Phi) is 6.75. The highest BCUT2D eigenvalue weighted by molar-refractivity contribution is 6.14. The van der Waals surface area contributed by atoms with Gasteiger partial charge in [0.2, 0.25) is 0 Å². The lowest BCUT2D eigenvalue weighted by molar-refractivity contribution is -0.130. The van der Waals surface area contributed by atoms with Crippen LogP contribution in [0.1, 0.15) is 33.6 Å². The molecule has 0 aromatic heterocycles. The normalized spacial score (nSPS) is 10.7. The van der Waals surface area contributed by atoms with Gasteiger partial charge < -0.3 is 14.2 Å². The summed E-state index contributed by atoms with van der Waals surface area (Å²) in [5.74, 6) is 0.335. The summed E-state index contributed by atoms with van der Waals surface area (Å²) in [5.41, 5.74) is 0.569. The molecule has 31 heavy (non-hydrogen) atoms. The highest BCUT2D eigenvalue weighted by Crippen LogP contribution is 2.44. The summed E-state index contributed by atoms with van der Waals surface area (Å²) >= 11 is 0. The number of rotatable bonds is 8. The molecule has 0 atom stereocenters. The molecule has 0 saturated carbocycles. The Bertz CT molecular complexity index is 1190. The van der Waals surface area contributed by atoms with Crippen molar-refractivity contribution >= 4 is 33.5 Å². The van der Waals surface area contributed by atoms with Crippen molar-refractivity contribution in [3.8, 4) is 17.2 Å². The van der Waals surface area contributed by atoms with Crippen molar-refractivity contribution in [1.82, 2.24) is 0 Å². The van der Waals surface area contributed by atoms with Crippen LogP contribution in [-0.2, 0) is 9.59 Å². The molecule has 0 aliphatic heterocycles. The quantitative estimate of drug-likeness (QED) is 0.145. The Morgan fingerprint density at radius 3 is 1.84 bits per heavy atom. The van der Waals surface area contributed by atoms with Gasteiger partial charge in [-0.05, 0) is 38.5 Å². The van der Waals surface area contributed by atoms with Gasteiger partial charge in [-0.3, -0.25) is 0 Å². The van der Waals surface area contributed by atoms with Crippen molar-refractivity contribution in [2.75, 3.05) is 6.61 Å². The van der Waals surface area contributed by atoms with Crippen molar-refractivity contribution in [2.45, 2.75) is 33.6 Å². The number of fused-ring (bicyclic) bond motifs is 2. The van der Waals surface area contributed by atoms with Gasteiger partial charge in [0.1, 0.15) is 17.2 Å². The maximum Gasteiger partial charge on any atom is 0.338 e. The predicted octanol–water partition coefficient (Wildman–Crippen LogP) is 6.13. The minimum absolute atomic E-state index is 0.283. The highest BCUT2D eigenvalue weighted by atomic mass is 16.5. The van der Waals surface area contributed by atoms with Crippen LogP contribution in [0.15, 0.2) is 66.8 Å². The zero-order chi connectivity index (χ0) is 22.5. The summed E-state index contributed by atoms with van der Waals surface area (Å²) in [6, 6.07) is 12.7. The van der Waals surface area contributed by atoms with Crippen molar-refractivity contribution in [2.24, 2.45) is 0 Å². The monoisotopic (exact) mass is 418 g/mol. The lowest BCUT2D eigenvalue weighted by atomic mass is 10.00.